The Bertz CT molecular complexity index is 939. The number of para-hydroxylation sites is 1. The molecule has 2 aromatic rings. The van der Waals surface area contributed by atoms with E-state index in [0.29, 0.717) is 10.2 Å². The Kier molecular flexibility index (Phi) is 6.48. The Labute approximate surface area is 163 Å². The molecule has 0 aromatic heterocycles. The summed E-state index contributed by atoms with van der Waals surface area (Å²) in [6.07, 6.45) is 0. The largest absolute Gasteiger partial charge is 0.504 e. The summed E-state index contributed by atoms with van der Waals surface area (Å²) in [6.45, 7) is 0.00771. The lowest BCUT2D eigenvalue weighted by atomic mass is 10.2. The molecule has 8 nitrogen and oxygen atoms in total. The minimum absolute atomic E-state index is 0.0495. The fourth-order valence-electron chi connectivity index (χ4n) is 2.24. The van der Waals surface area contributed by atoms with E-state index in [1.54, 1.807) is 24.3 Å². The lowest BCUT2D eigenvalue weighted by molar-refractivity contribution is 0.256. The molecule has 0 spiro atoms. The summed E-state index contributed by atoms with van der Waals surface area (Å²) in [7, 11) is -4.16. The molecule has 0 bridgehead atoms. The number of nitrogens with two attached hydrogens (primary N) is 2. The summed E-state index contributed by atoms with van der Waals surface area (Å²) in [4.78, 5) is 12.4. The zero-order valence-electron chi connectivity index (χ0n) is 13.3. The van der Waals surface area contributed by atoms with Crippen LogP contribution in [-0.4, -0.2) is 32.6 Å². The number of sulfonamides is 1. The van der Waals surface area contributed by atoms with Crippen LogP contribution in [-0.2, 0) is 10.0 Å². The van der Waals surface area contributed by atoms with Crippen LogP contribution in [0.1, 0.15) is 0 Å². The molecular formula is C15H16BrClN4O4S. The number of rotatable bonds is 6. The zero-order valence-corrected chi connectivity index (χ0v) is 16.5. The SMILES string of the molecule is NCCNS(=O)(=O)c1c(Cl)ccc(N(C(N)=O)c2ccccc2Br)c1O. The van der Waals surface area contributed by atoms with Crippen molar-refractivity contribution in [3.8, 4) is 5.75 Å². The highest BCUT2D eigenvalue weighted by molar-refractivity contribution is 9.10. The van der Waals surface area contributed by atoms with Crippen LogP contribution in [0.15, 0.2) is 45.8 Å². The van der Waals surface area contributed by atoms with Gasteiger partial charge in [-0.15, -0.1) is 0 Å². The second-order valence-electron chi connectivity index (χ2n) is 5.06. The van der Waals surface area contributed by atoms with Crippen molar-refractivity contribution in [1.29, 1.82) is 0 Å². The minimum atomic E-state index is -4.16. The molecule has 0 aliphatic carbocycles. The topological polar surface area (TPSA) is 139 Å². The number of hydrogen-bond donors (Lipinski definition) is 4. The number of hydrogen-bond acceptors (Lipinski definition) is 5. The molecule has 0 unspecified atom stereocenters. The maximum Gasteiger partial charge on any atom is 0.324 e. The number of urea groups is 1. The van der Waals surface area contributed by atoms with Gasteiger partial charge in [-0.2, -0.15) is 0 Å². The number of phenols is 1. The molecular weight excluding hydrogens is 448 g/mol. The van der Waals surface area contributed by atoms with Gasteiger partial charge < -0.3 is 16.6 Å². The van der Waals surface area contributed by atoms with Crippen molar-refractivity contribution in [2.75, 3.05) is 18.0 Å². The highest BCUT2D eigenvalue weighted by Crippen LogP contribution is 2.42. The van der Waals surface area contributed by atoms with E-state index in [1.165, 1.54) is 12.1 Å². The number of benzene rings is 2. The second kappa shape index (κ2) is 8.23. The Morgan fingerprint density at radius 3 is 2.46 bits per heavy atom. The monoisotopic (exact) mass is 462 g/mol. The van der Waals surface area contributed by atoms with Gasteiger partial charge in [0.25, 0.3) is 0 Å². The average Bonchev–Trinajstić information content (AvgIpc) is 2.56. The summed E-state index contributed by atoms with van der Waals surface area (Å²) in [5.74, 6) is -0.712. The van der Waals surface area contributed by atoms with Crippen molar-refractivity contribution >= 4 is 55.0 Å². The lowest BCUT2D eigenvalue weighted by Crippen LogP contribution is -2.33. The van der Waals surface area contributed by atoms with Crippen LogP contribution in [0, 0.1) is 0 Å². The van der Waals surface area contributed by atoms with E-state index in [0.717, 1.165) is 4.90 Å². The molecule has 2 amide bonds. The molecule has 0 aliphatic rings. The van der Waals surface area contributed by atoms with Crippen molar-refractivity contribution in [3.63, 3.8) is 0 Å². The minimum Gasteiger partial charge on any atom is -0.504 e. The van der Waals surface area contributed by atoms with Crippen molar-refractivity contribution in [3.05, 3.63) is 45.9 Å². The third-order valence-corrected chi connectivity index (χ3v) is 5.95. The number of carbonyl (C=O) groups excluding carboxylic acids is 1. The smallest absolute Gasteiger partial charge is 0.324 e. The zero-order chi connectivity index (χ0) is 19.5. The Morgan fingerprint density at radius 2 is 1.88 bits per heavy atom. The fraction of sp³-hybridized carbons (Fsp3) is 0.133. The average molecular weight is 464 g/mol. The second-order valence-corrected chi connectivity index (χ2v) is 8.02. The maximum absolute atomic E-state index is 12.4. The van der Waals surface area contributed by atoms with Crippen molar-refractivity contribution in [1.82, 2.24) is 4.72 Å². The van der Waals surface area contributed by atoms with Crippen molar-refractivity contribution in [2.45, 2.75) is 4.90 Å². The van der Waals surface area contributed by atoms with Gasteiger partial charge in [0.05, 0.1) is 16.4 Å². The van der Waals surface area contributed by atoms with Gasteiger partial charge in [0, 0.05) is 17.6 Å². The van der Waals surface area contributed by atoms with Crippen LogP contribution >= 0.6 is 27.5 Å². The standard InChI is InChI=1S/C15H16BrClN4O4S/c16-9-3-1-2-4-11(9)21(15(19)23)12-6-5-10(17)14(13(12)22)26(24,25)20-8-7-18/h1-6,20,22H,7-8,18H2,(H2,19,23). The molecule has 0 heterocycles. The third-order valence-electron chi connectivity index (χ3n) is 3.32. The van der Waals surface area contributed by atoms with E-state index in [1.807, 2.05) is 0 Å². The quantitative estimate of drug-likeness (QED) is 0.520. The number of aromatic hydroxyl groups is 1. The molecule has 140 valence electrons. The van der Waals surface area contributed by atoms with Crippen LogP contribution in [0.3, 0.4) is 0 Å². The molecule has 0 radical (unpaired) electrons. The molecule has 0 atom stereocenters. The molecule has 2 rings (SSSR count). The van der Waals surface area contributed by atoms with Crippen LogP contribution in [0.5, 0.6) is 5.75 Å². The maximum atomic E-state index is 12.4. The van der Waals surface area contributed by atoms with Gasteiger partial charge in [-0.1, -0.05) is 23.7 Å². The molecule has 0 aliphatic heterocycles. The summed E-state index contributed by atoms with van der Waals surface area (Å²) < 4.78 is 27.6. The first-order chi connectivity index (χ1) is 12.2. The summed E-state index contributed by atoms with van der Waals surface area (Å²) in [5.41, 5.74) is 10.9. The van der Waals surface area contributed by atoms with Gasteiger partial charge in [-0.25, -0.2) is 17.9 Å². The number of anilines is 2. The Hall–Kier alpha value is -1.85. The first-order valence-corrected chi connectivity index (χ1v) is 9.91. The number of nitrogens with one attached hydrogen (secondary N) is 1. The highest BCUT2D eigenvalue weighted by atomic mass is 79.9. The van der Waals surface area contributed by atoms with E-state index < -0.39 is 26.7 Å². The van der Waals surface area contributed by atoms with Crippen molar-refractivity contribution < 1.29 is 18.3 Å². The van der Waals surface area contributed by atoms with E-state index >= 15 is 0 Å². The van der Waals surface area contributed by atoms with E-state index in [9.17, 15) is 18.3 Å². The van der Waals surface area contributed by atoms with Crippen LogP contribution < -0.4 is 21.1 Å². The van der Waals surface area contributed by atoms with Crippen LogP contribution in [0.2, 0.25) is 5.02 Å². The van der Waals surface area contributed by atoms with Crippen LogP contribution in [0.25, 0.3) is 0 Å². The summed E-state index contributed by atoms with van der Waals surface area (Å²) in [6, 6.07) is 8.24. The number of nitrogens with zero attached hydrogens (tertiary/aromatic N) is 1. The number of amides is 2. The third kappa shape index (κ3) is 4.10. The fourth-order valence-corrected chi connectivity index (χ4v) is 4.37. The molecule has 0 saturated heterocycles. The van der Waals surface area contributed by atoms with E-state index in [4.69, 9.17) is 23.1 Å². The Morgan fingerprint density at radius 1 is 1.23 bits per heavy atom. The predicted molar refractivity (Wildman–Crippen MR) is 103 cm³/mol. The van der Waals surface area contributed by atoms with Gasteiger partial charge >= 0.3 is 6.03 Å². The number of primary amides is 1. The molecule has 26 heavy (non-hydrogen) atoms. The highest BCUT2D eigenvalue weighted by Gasteiger charge is 2.29. The molecule has 0 saturated carbocycles. The van der Waals surface area contributed by atoms with Gasteiger partial charge in [0.2, 0.25) is 10.0 Å². The number of carbonyl (C=O) groups is 1. The van der Waals surface area contributed by atoms with Crippen molar-refractivity contribution in [2.24, 2.45) is 11.5 Å². The number of halogens is 2. The molecule has 2 aromatic carbocycles. The first-order valence-electron chi connectivity index (χ1n) is 7.26. The van der Waals surface area contributed by atoms with E-state index in [-0.39, 0.29) is 23.8 Å². The first kappa shape index (κ1) is 20.5. The van der Waals surface area contributed by atoms with Gasteiger partial charge in [-0.3, -0.25) is 4.90 Å². The summed E-state index contributed by atoms with van der Waals surface area (Å²) >= 11 is 9.26. The van der Waals surface area contributed by atoms with Gasteiger partial charge in [0.15, 0.2) is 5.75 Å². The molecule has 6 N–H and O–H groups in total. The lowest BCUT2D eigenvalue weighted by Gasteiger charge is -2.24. The van der Waals surface area contributed by atoms with E-state index in [2.05, 4.69) is 20.7 Å². The molecule has 11 heteroatoms. The number of phenolic OH excluding ortho intramolecular Hbond substituents is 1. The normalized spacial score (nSPS) is 11.3. The Balaban J connectivity index is 2.68. The van der Waals surface area contributed by atoms with Gasteiger partial charge in [0.1, 0.15) is 4.90 Å². The summed E-state index contributed by atoms with van der Waals surface area (Å²) in [5, 5.41) is 10.4. The molecule has 0 fully saturated rings. The predicted octanol–water partition coefficient (Wildman–Crippen LogP) is 2.26. The van der Waals surface area contributed by atoms with Crippen LogP contribution in [0.4, 0.5) is 16.2 Å². The van der Waals surface area contributed by atoms with Gasteiger partial charge in [-0.05, 0) is 40.2 Å².